The third kappa shape index (κ3) is 3.22. The van der Waals surface area contributed by atoms with Crippen LogP contribution in [0.15, 0.2) is 30.5 Å². The summed E-state index contributed by atoms with van der Waals surface area (Å²) in [6.07, 6.45) is 1.43. The van der Waals surface area contributed by atoms with Gasteiger partial charge in [0.2, 0.25) is 0 Å². The second kappa shape index (κ2) is 5.55. The summed E-state index contributed by atoms with van der Waals surface area (Å²) in [6.45, 7) is -3.12. The molecule has 0 aliphatic carbocycles. The van der Waals surface area contributed by atoms with Gasteiger partial charge >= 0.3 is 6.61 Å². The van der Waals surface area contributed by atoms with Gasteiger partial charge in [-0.15, -0.1) is 0 Å². The van der Waals surface area contributed by atoms with Gasteiger partial charge in [0.1, 0.15) is 5.69 Å². The fourth-order valence-corrected chi connectivity index (χ4v) is 1.51. The number of carbonyl (C=O) groups excluding carboxylic acids is 1. The van der Waals surface area contributed by atoms with Crippen molar-refractivity contribution in [2.45, 2.75) is 6.61 Å². The van der Waals surface area contributed by atoms with Gasteiger partial charge < -0.3 is 20.8 Å². The molecule has 4 N–H and O–H groups in total. The van der Waals surface area contributed by atoms with Crippen LogP contribution in [0.25, 0.3) is 0 Å². The Bertz CT molecular complexity index is 628. The average molecular weight is 285 g/mol. The molecule has 0 saturated heterocycles. The lowest BCUT2D eigenvalue weighted by Gasteiger charge is -2.08. The maximum absolute atomic E-state index is 13.4. The summed E-state index contributed by atoms with van der Waals surface area (Å²) in [4.78, 5) is 14.4. The Hall–Kier alpha value is -2.64. The number of nitrogen functional groups attached to an aromatic ring is 1. The lowest BCUT2D eigenvalue weighted by molar-refractivity contribution is -0.0521. The van der Waals surface area contributed by atoms with Gasteiger partial charge in [0, 0.05) is 23.6 Å². The molecule has 0 spiro atoms. The highest BCUT2D eigenvalue weighted by Gasteiger charge is 2.12. The molecule has 1 aromatic heterocycles. The number of halogens is 3. The van der Waals surface area contributed by atoms with Gasteiger partial charge in [-0.05, 0) is 18.2 Å². The van der Waals surface area contributed by atoms with Crippen molar-refractivity contribution in [2.24, 2.45) is 0 Å². The van der Waals surface area contributed by atoms with E-state index in [0.717, 1.165) is 12.1 Å². The average Bonchev–Trinajstić information content (AvgIpc) is 2.79. The molecule has 0 unspecified atom stereocenters. The van der Waals surface area contributed by atoms with Crippen molar-refractivity contribution in [3.8, 4) is 5.75 Å². The Labute approximate surface area is 111 Å². The number of benzene rings is 1. The number of amides is 1. The van der Waals surface area contributed by atoms with Crippen LogP contribution in [-0.2, 0) is 0 Å². The molecule has 0 aliphatic heterocycles. The van der Waals surface area contributed by atoms with Gasteiger partial charge in [0.25, 0.3) is 5.91 Å². The largest absolute Gasteiger partial charge is 0.432 e. The topological polar surface area (TPSA) is 80.1 Å². The van der Waals surface area contributed by atoms with Crippen molar-refractivity contribution in [3.63, 3.8) is 0 Å². The smallest absolute Gasteiger partial charge is 0.387 e. The number of hydrogen-bond donors (Lipinski definition) is 3. The predicted molar refractivity (Wildman–Crippen MR) is 66.2 cm³/mol. The first kappa shape index (κ1) is 13.8. The molecular weight excluding hydrogens is 275 g/mol. The van der Waals surface area contributed by atoms with Crippen molar-refractivity contribution in [3.05, 3.63) is 42.0 Å². The van der Waals surface area contributed by atoms with Crippen LogP contribution in [0, 0.1) is 5.82 Å². The van der Waals surface area contributed by atoms with E-state index in [9.17, 15) is 18.0 Å². The summed E-state index contributed by atoms with van der Waals surface area (Å²) in [7, 11) is 0. The summed E-state index contributed by atoms with van der Waals surface area (Å²) >= 11 is 0. The monoisotopic (exact) mass is 285 g/mol. The molecule has 0 bridgehead atoms. The Kier molecular flexibility index (Phi) is 3.83. The van der Waals surface area contributed by atoms with E-state index in [1.165, 1.54) is 18.3 Å². The summed E-state index contributed by atoms with van der Waals surface area (Å²) in [5.41, 5.74) is 6.11. The van der Waals surface area contributed by atoms with Crippen molar-refractivity contribution < 1.29 is 22.7 Å². The molecule has 1 heterocycles. The minimum atomic E-state index is -3.12. The number of aromatic nitrogens is 1. The van der Waals surface area contributed by atoms with Crippen LogP contribution in [0.4, 0.5) is 24.5 Å². The molecule has 2 aromatic rings. The summed E-state index contributed by atoms with van der Waals surface area (Å²) in [6, 6.07) is 4.52. The predicted octanol–water partition coefficient (Wildman–Crippen LogP) is 2.59. The molecule has 0 atom stereocenters. The van der Waals surface area contributed by atoms with E-state index in [-0.39, 0.29) is 11.4 Å². The normalized spacial score (nSPS) is 10.6. The highest BCUT2D eigenvalue weighted by molar-refractivity contribution is 6.03. The minimum absolute atomic E-state index is 0.0993. The number of nitrogens with one attached hydrogen (secondary N) is 2. The zero-order valence-corrected chi connectivity index (χ0v) is 9.99. The fraction of sp³-hybridized carbons (Fsp3) is 0.0833. The van der Waals surface area contributed by atoms with Crippen LogP contribution in [0.2, 0.25) is 0 Å². The summed E-state index contributed by atoms with van der Waals surface area (Å²) in [5.74, 6) is -2.14. The first-order valence-electron chi connectivity index (χ1n) is 5.45. The Morgan fingerprint density at radius 3 is 2.65 bits per heavy atom. The minimum Gasteiger partial charge on any atom is -0.432 e. The second-order valence-electron chi connectivity index (χ2n) is 3.82. The molecule has 0 aliphatic rings. The number of anilines is 2. The van der Waals surface area contributed by atoms with E-state index in [0.29, 0.717) is 5.69 Å². The Morgan fingerprint density at radius 1 is 1.35 bits per heavy atom. The Morgan fingerprint density at radius 2 is 2.10 bits per heavy atom. The SMILES string of the molecule is Nc1c[nH]c(C(=O)Nc2ccc(OC(F)F)c(F)c2)c1. The maximum atomic E-state index is 13.4. The number of H-pyrrole nitrogens is 1. The number of aromatic amines is 1. The number of hydrogen-bond acceptors (Lipinski definition) is 3. The van der Waals surface area contributed by atoms with Gasteiger partial charge in [0.15, 0.2) is 11.6 Å². The van der Waals surface area contributed by atoms with E-state index in [2.05, 4.69) is 15.0 Å². The zero-order chi connectivity index (χ0) is 14.7. The standard InChI is InChI=1S/C12H10F3N3O2/c13-8-4-7(1-2-10(8)20-12(14)15)18-11(19)9-3-6(16)5-17-9/h1-5,12,17H,16H2,(H,18,19). The molecule has 8 heteroatoms. The number of alkyl halides is 2. The van der Waals surface area contributed by atoms with Gasteiger partial charge in [-0.3, -0.25) is 4.79 Å². The first-order chi connectivity index (χ1) is 9.45. The van der Waals surface area contributed by atoms with Crippen molar-refractivity contribution in [1.29, 1.82) is 0 Å². The summed E-state index contributed by atoms with van der Waals surface area (Å²) < 4.78 is 41.3. The molecule has 2 rings (SSSR count). The van der Waals surface area contributed by atoms with Crippen LogP contribution in [0.1, 0.15) is 10.5 Å². The van der Waals surface area contributed by atoms with Crippen LogP contribution in [0.5, 0.6) is 5.75 Å². The van der Waals surface area contributed by atoms with Crippen molar-refractivity contribution in [1.82, 2.24) is 4.98 Å². The first-order valence-corrected chi connectivity index (χ1v) is 5.45. The number of nitrogens with two attached hydrogens (primary N) is 1. The van der Waals surface area contributed by atoms with Crippen LogP contribution in [0.3, 0.4) is 0 Å². The zero-order valence-electron chi connectivity index (χ0n) is 9.99. The van der Waals surface area contributed by atoms with Gasteiger partial charge in [-0.25, -0.2) is 4.39 Å². The molecule has 1 amide bonds. The van der Waals surface area contributed by atoms with E-state index in [1.54, 1.807) is 0 Å². The van der Waals surface area contributed by atoms with Crippen LogP contribution < -0.4 is 15.8 Å². The lowest BCUT2D eigenvalue weighted by atomic mass is 10.2. The van der Waals surface area contributed by atoms with E-state index >= 15 is 0 Å². The molecule has 0 saturated carbocycles. The Balaban J connectivity index is 2.10. The van der Waals surface area contributed by atoms with Crippen LogP contribution in [-0.4, -0.2) is 17.5 Å². The molecule has 5 nitrogen and oxygen atoms in total. The number of carbonyl (C=O) groups is 1. The molecular formula is C12H10F3N3O2. The highest BCUT2D eigenvalue weighted by Crippen LogP contribution is 2.23. The molecule has 20 heavy (non-hydrogen) atoms. The van der Waals surface area contributed by atoms with Crippen molar-refractivity contribution >= 4 is 17.3 Å². The van der Waals surface area contributed by atoms with E-state index in [4.69, 9.17) is 5.73 Å². The summed E-state index contributed by atoms with van der Waals surface area (Å²) in [5, 5.41) is 2.38. The van der Waals surface area contributed by atoms with Crippen LogP contribution >= 0.6 is 0 Å². The number of rotatable bonds is 4. The fourth-order valence-electron chi connectivity index (χ4n) is 1.51. The third-order valence-electron chi connectivity index (χ3n) is 2.36. The van der Waals surface area contributed by atoms with E-state index < -0.39 is 24.1 Å². The molecule has 0 fully saturated rings. The van der Waals surface area contributed by atoms with Gasteiger partial charge in [-0.2, -0.15) is 8.78 Å². The third-order valence-corrected chi connectivity index (χ3v) is 2.36. The van der Waals surface area contributed by atoms with Gasteiger partial charge in [0.05, 0.1) is 0 Å². The molecule has 0 radical (unpaired) electrons. The highest BCUT2D eigenvalue weighted by atomic mass is 19.3. The quantitative estimate of drug-likeness (QED) is 0.807. The lowest BCUT2D eigenvalue weighted by Crippen LogP contribution is -2.12. The number of ether oxygens (including phenoxy) is 1. The van der Waals surface area contributed by atoms with Gasteiger partial charge in [-0.1, -0.05) is 0 Å². The van der Waals surface area contributed by atoms with Crippen molar-refractivity contribution in [2.75, 3.05) is 11.1 Å². The molecule has 106 valence electrons. The second-order valence-corrected chi connectivity index (χ2v) is 3.82. The maximum Gasteiger partial charge on any atom is 0.387 e. The molecule has 1 aromatic carbocycles. The van der Waals surface area contributed by atoms with E-state index in [1.807, 2.05) is 0 Å².